The quantitative estimate of drug-likeness (QED) is 0.215. The predicted octanol–water partition coefficient (Wildman–Crippen LogP) is 1.93. The van der Waals surface area contributed by atoms with Gasteiger partial charge in [0.05, 0.1) is 0 Å². The maximum atomic E-state index is 7.75. The standard InChI is InChI=1S/C5H4N2O3S3/c1-4-6-5(7-13-4)11-2-3-12-10-9-8/h8H,1H3. The number of hydrogen-bond acceptors (Lipinski definition) is 8. The van der Waals surface area contributed by atoms with Gasteiger partial charge in [0.2, 0.25) is 5.16 Å². The monoisotopic (exact) mass is 236 g/mol. The molecule has 0 saturated carbocycles. The first-order valence-corrected chi connectivity index (χ1v) is 5.27. The summed E-state index contributed by atoms with van der Waals surface area (Å²) in [5, 5.41) is 17.7. The lowest BCUT2D eigenvalue weighted by atomic mass is 10.8. The zero-order valence-electron chi connectivity index (χ0n) is 6.38. The second-order valence-corrected chi connectivity index (χ2v) is 3.86. The first-order valence-electron chi connectivity index (χ1n) is 2.94. The Labute approximate surface area is 87.1 Å². The molecular formula is C5H4N2O3S3. The Morgan fingerprint density at radius 2 is 2.38 bits per heavy atom. The molecule has 0 fully saturated rings. The summed E-state index contributed by atoms with van der Waals surface area (Å²) in [4.78, 5) is 4.07. The molecule has 0 aliphatic carbocycles. The molecule has 1 aromatic heterocycles. The van der Waals surface area contributed by atoms with Crippen molar-refractivity contribution in [2.75, 3.05) is 0 Å². The lowest BCUT2D eigenvalue weighted by Crippen LogP contribution is -1.73. The molecule has 1 heterocycles. The average Bonchev–Trinajstić information content (AvgIpc) is 2.51. The minimum Gasteiger partial charge on any atom is -0.220 e. The molecule has 0 aromatic carbocycles. The highest BCUT2D eigenvalue weighted by atomic mass is 32.2. The van der Waals surface area contributed by atoms with Crippen LogP contribution in [0.2, 0.25) is 0 Å². The third kappa shape index (κ3) is 4.47. The van der Waals surface area contributed by atoms with Crippen LogP contribution in [0.3, 0.4) is 0 Å². The van der Waals surface area contributed by atoms with Crippen molar-refractivity contribution in [3.05, 3.63) is 5.01 Å². The van der Waals surface area contributed by atoms with Gasteiger partial charge in [-0.2, -0.15) is 4.37 Å². The van der Waals surface area contributed by atoms with Crippen LogP contribution in [0.5, 0.6) is 0 Å². The van der Waals surface area contributed by atoms with Crippen molar-refractivity contribution in [1.29, 1.82) is 0 Å². The first kappa shape index (κ1) is 10.8. The SMILES string of the molecule is Cc1nc(SC#CSOOO)ns1. The molecule has 0 aliphatic heterocycles. The second kappa shape index (κ2) is 6.20. The smallest absolute Gasteiger partial charge is 0.212 e. The van der Waals surface area contributed by atoms with Gasteiger partial charge in [0.1, 0.15) is 17.1 Å². The minimum absolute atomic E-state index is 0.612. The highest BCUT2D eigenvalue weighted by molar-refractivity contribution is 8.05. The minimum atomic E-state index is 0.612. The predicted molar refractivity (Wildman–Crippen MR) is 50.7 cm³/mol. The number of nitrogens with zero attached hydrogens (tertiary/aromatic N) is 2. The number of rotatable bonds is 3. The van der Waals surface area contributed by atoms with E-state index in [9.17, 15) is 0 Å². The van der Waals surface area contributed by atoms with Gasteiger partial charge in [-0.1, -0.05) is 5.04 Å². The highest BCUT2D eigenvalue weighted by Gasteiger charge is 1.97. The summed E-state index contributed by atoms with van der Waals surface area (Å²) >= 11 is 3.17. The van der Waals surface area contributed by atoms with E-state index in [1.807, 2.05) is 6.92 Å². The summed E-state index contributed by atoms with van der Waals surface area (Å²) in [7, 11) is 0. The zero-order valence-corrected chi connectivity index (χ0v) is 8.83. The van der Waals surface area contributed by atoms with Gasteiger partial charge in [-0.15, -0.1) is 4.33 Å². The summed E-state index contributed by atoms with van der Waals surface area (Å²) in [5.74, 6) is 0. The maximum absolute atomic E-state index is 7.75. The Balaban J connectivity index is 2.28. The Hall–Kier alpha value is -0.300. The third-order valence-electron chi connectivity index (χ3n) is 0.799. The van der Waals surface area contributed by atoms with Crippen LogP contribution in [0.25, 0.3) is 0 Å². The molecule has 0 atom stereocenters. The Bertz CT molecular complexity index is 318. The largest absolute Gasteiger partial charge is 0.220 e. The Kier molecular flexibility index (Phi) is 5.14. The summed E-state index contributed by atoms with van der Waals surface area (Å²) in [5.41, 5.74) is 0. The van der Waals surface area contributed by atoms with E-state index in [-0.39, 0.29) is 0 Å². The third-order valence-corrected chi connectivity index (χ3v) is 2.55. The Morgan fingerprint density at radius 1 is 1.54 bits per heavy atom. The highest BCUT2D eigenvalue weighted by Crippen LogP contribution is 2.15. The average molecular weight is 236 g/mol. The summed E-state index contributed by atoms with van der Waals surface area (Å²) in [6.07, 6.45) is 0. The van der Waals surface area contributed by atoms with Crippen molar-refractivity contribution in [2.24, 2.45) is 0 Å². The van der Waals surface area contributed by atoms with E-state index in [1.165, 1.54) is 23.3 Å². The molecule has 1 N–H and O–H groups in total. The van der Waals surface area contributed by atoms with Crippen LogP contribution in [0.15, 0.2) is 5.16 Å². The molecular weight excluding hydrogens is 232 g/mol. The molecule has 0 spiro atoms. The molecule has 1 aromatic rings. The van der Waals surface area contributed by atoms with E-state index in [2.05, 4.69) is 29.2 Å². The lowest BCUT2D eigenvalue weighted by Gasteiger charge is -1.82. The van der Waals surface area contributed by atoms with Gasteiger partial charge in [-0.25, -0.2) is 10.2 Å². The molecule has 70 valence electrons. The van der Waals surface area contributed by atoms with Crippen molar-refractivity contribution >= 4 is 35.3 Å². The van der Waals surface area contributed by atoms with E-state index >= 15 is 0 Å². The molecule has 0 radical (unpaired) electrons. The number of aryl methyl sites for hydroxylation is 1. The van der Waals surface area contributed by atoms with E-state index in [0.29, 0.717) is 17.2 Å². The van der Waals surface area contributed by atoms with Gasteiger partial charge in [0, 0.05) is 17.0 Å². The number of hydrogen-bond donors (Lipinski definition) is 1. The van der Waals surface area contributed by atoms with Gasteiger partial charge < -0.3 is 0 Å². The molecule has 0 bridgehead atoms. The van der Waals surface area contributed by atoms with Crippen LogP contribution in [0.4, 0.5) is 0 Å². The molecule has 8 heteroatoms. The van der Waals surface area contributed by atoms with Crippen LogP contribution in [-0.4, -0.2) is 14.6 Å². The topological polar surface area (TPSA) is 64.5 Å². The number of thioether (sulfide) groups is 1. The van der Waals surface area contributed by atoms with E-state index in [1.54, 1.807) is 0 Å². The van der Waals surface area contributed by atoms with Gasteiger partial charge in [0.25, 0.3) is 0 Å². The summed E-state index contributed by atoms with van der Waals surface area (Å²) in [6, 6.07) is 0. The summed E-state index contributed by atoms with van der Waals surface area (Å²) in [6.45, 7) is 1.87. The van der Waals surface area contributed by atoms with Crippen molar-refractivity contribution < 1.29 is 14.6 Å². The van der Waals surface area contributed by atoms with Gasteiger partial charge >= 0.3 is 0 Å². The fourth-order valence-electron chi connectivity index (χ4n) is 0.438. The van der Waals surface area contributed by atoms with Crippen LogP contribution in [-0.2, 0) is 9.37 Å². The fraction of sp³-hybridized carbons (Fsp3) is 0.200. The number of aromatic nitrogens is 2. The lowest BCUT2D eigenvalue weighted by molar-refractivity contribution is -0.431. The summed E-state index contributed by atoms with van der Waals surface area (Å²) < 4.78 is 8.02. The molecule has 0 amide bonds. The van der Waals surface area contributed by atoms with E-state index in [4.69, 9.17) is 5.26 Å². The molecule has 13 heavy (non-hydrogen) atoms. The van der Waals surface area contributed by atoms with Crippen LogP contribution in [0, 0.1) is 17.4 Å². The van der Waals surface area contributed by atoms with Gasteiger partial charge in [0.15, 0.2) is 0 Å². The fourth-order valence-corrected chi connectivity index (χ4v) is 1.78. The zero-order chi connectivity index (χ0) is 9.52. The molecule has 5 nitrogen and oxygen atoms in total. The maximum Gasteiger partial charge on any atom is 0.212 e. The molecule has 0 unspecified atom stereocenters. The molecule has 0 saturated heterocycles. The van der Waals surface area contributed by atoms with Crippen molar-refractivity contribution in [3.8, 4) is 10.5 Å². The normalized spacial score (nSPS) is 9.38. The Morgan fingerprint density at radius 3 is 3.00 bits per heavy atom. The van der Waals surface area contributed by atoms with E-state index < -0.39 is 0 Å². The van der Waals surface area contributed by atoms with Gasteiger partial charge in [-0.3, -0.25) is 0 Å². The second-order valence-electron chi connectivity index (χ2n) is 1.63. The van der Waals surface area contributed by atoms with Crippen molar-refractivity contribution in [2.45, 2.75) is 12.1 Å². The first-order chi connectivity index (χ1) is 6.33. The van der Waals surface area contributed by atoms with E-state index in [0.717, 1.165) is 5.01 Å². The van der Waals surface area contributed by atoms with Crippen LogP contribution < -0.4 is 0 Å². The van der Waals surface area contributed by atoms with Crippen LogP contribution >= 0.6 is 35.3 Å². The molecule has 0 aliphatic rings. The van der Waals surface area contributed by atoms with Crippen LogP contribution in [0.1, 0.15) is 5.01 Å². The van der Waals surface area contributed by atoms with Gasteiger partial charge in [-0.05, 0) is 23.7 Å². The van der Waals surface area contributed by atoms with Crippen molar-refractivity contribution in [1.82, 2.24) is 9.36 Å². The van der Waals surface area contributed by atoms with Crippen molar-refractivity contribution in [3.63, 3.8) is 0 Å². The molecule has 1 rings (SSSR count).